The fourth-order valence-electron chi connectivity index (χ4n) is 2.19. The number of carbonyl (C=O) groups is 1. The van der Waals surface area contributed by atoms with E-state index in [2.05, 4.69) is 0 Å². The molecule has 1 atom stereocenters. The summed E-state index contributed by atoms with van der Waals surface area (Å²) < 4.78 is 18.4. The number of morpholine rings is 1. The van der Waals surface area contributed by atoms with E-state index in [1.807, 2.05) is 6.07 Å². The minimum Gasteiger partial charge on any atom is -0.481 e. The maximum Gasteiger partial charge on any atom is 0.305 e. The number of aliphatic carboxylic acids is 1. The van der Waals surface area contributed by atoms with Gasteiger partial charge in [0.2, 0.25) is 0 Å². The summed E-state index contributed by atoms with van der Waals surface area (Å²) in [5, 5.41) is 17.9. The predicted molar refractivity (Wildman–Crippen MR) is 65.3 cm³/mol. The van der Waals surface area contributed by atoms with Gasteiger partial charge in [-0.2, -0.15) is 5.26 Å². The number of nitriles is 1. The Hall–Kier alpha value is -2.13. The van der Waals surface area contributed by atoms with Crippen LogP contribution in [0.5, 0.6) is 0 Å². The highest BCUT2D eigenvalue weighted by atomic mass is 19.1. The number of ether oxygens (including phenoxy) is 1. The van der Waals surface area contributed by atoms with E-state index < -0.39 is 11.8 Å². The molecule has 1 fully saturated rings. The first kappa shape index (κ1) is 13.3. The van der Waals surface area contributed by atoms with Crippen molar-refractivity contribution in [3.05, 3.63) is 29.6 Å². The van der Waals surface area contributed by atoms with Crippen LogP contribution < -0.4 is 4.90 Å². The van der Waals surface area contributed by atoms with Crippen LogP contribution in [0.15, 0.2) is 18.2 Å². The van der Waals surface area contributed by atoms with Crippen molar-refractivity contribution in [2.24, 2.45) is 0 Å². The molecule has 1 aromatic carbocycles. The first-order valence-corrected chi connectivity index (χ1v) is 5.87. The van der Waals surface area contributed by atoms with Crippen LogP contribution in [0.25, 0.3) is 0 Å². The molecule has 5 nitrogen and oxygen atoms in total. The van der Waals surface area contributed by atoms with E-state index in [1.54, 1.807) is 4.90 Å². The molecule has 1 aromatic rings. The summed E-state index contributed by atoms with van der Waals surface area (Å²) in [4.78, 5) is 12.6. The van der Waals surface area contributed by atoms with Crippen molar-refractivity contribution in [2.45, 2.75) is 12.5 Å². The van der Waals surface area contributed by atoms with Crippen molar-refractivity contribution < 1.29 is 19.0 Å². The van der Waals surface area contributed by atoms with Crippen molar-refractivity contribution in [3.63, 3.8) is 0 Å². The van der Waals surface area contributed by atoms with Crippen molar-refractivity contribution in [1.29, 1.82) is 5.26 Å². The minimum absolute atomic E-state index is 0.0811. The lowest BCUT2D eigenvalue weighted by Gasteiger charge is -2.37. The molecule has 6 heteroatoms. The maximum atomic E-state index is 13.1. The van der Waals surface area contributed by atoms with Crippen molar-refractivity contribution in [3.8, 4) is 6.07 Å². The molecule has 100 valence electrons. The molecule has 0 spiro atoms. The first-order chi connectivity index (χ1) is 9.11. The Kier molecular flexibility index (Phi) is 3.97. The highest BCUT2D eigenvalue weighted by molar-refractivity contribution is 5.69. The third-order valence-corrected chi connectivity index (χ3v) is 3.03. The summed E-state index contributed by atoms with van der Waals surface area (Å²) in [6.07, 6.45) is -0.0811. The van der Waals surface area contributed by atoms with Crippen LogP contribution in [0.2, 0.25) is 0 Å². The molecule has 1 saturated heterocycles. The summed E-state index contributed by atoms with van der Waals surface area (Å²) in [7, 11) is 0. The van der Waals surface area contributed by atoms with Crippen molar-refractivity contribution in [1.82, 2.24) is 0 Å². The van der Waals surface area contributed by atoms with Gasteiger partial charge in [0.15, 0.2) is 0 Å². The zero-order valence-corrected chi connectivity index (χ0v) is 10.2. The zero-order valence-electron chi connectivity index (χ0n) is 10.2. The second kappa shape index (κ2) is 5.67. The van der Waals surface area contributed by atoms with E-state index in [1.165, 1.54) is 12.1 Å². The van der Waals surface area contributed by atoms with E-state index in [0.717, 1.165) is 6.07 Å². The SMILES string of the molecule is N#Cc1cc(F)ccc1N1CCOCC1CC(=O)O. The number of hydrogen-bond donors (Lipinski definition) is 1. The molecular weight excluding hydrogens is 251 g/mol. The van der Waals surface area contributed by atoms with Gasteiger partial charge in [0.05, 0.1) is 36.9 Å². The van der Waals surface area contributed by atoms with E-state index in [9.17, 15) is 9.18 Å². The molecule has 1 unspecified atom stereocenters. The van der Waals surface area contributed by atoms with Gasteiger partial charge in [-0.15, -0.1) is 0 Å². The van der Waals surface area contributed by atoms with Crippen LogP contribution in [0.3, 0.4) is 0 Å². The maximum absolute atomic E-state index is 13.1. The van der Waals surface area contributed by atoms with Crippen LogP contribution >= 0.6 is 0 Å². The number of anilines is 1. The van der Waals surface area contributed by atoms with Crippen LogP contribution in [0, 0.1) is 17.1 Å². The lowest BCUT2D eigenvalue weighted by molar-refractivity contribution is -0.138. The number of nitrogens with zero attached hydrogens (tertiary/aromatic N) is 2. The molecular formula is C13H13FN2O3. The largest absolute Gasteiger partial charge is 0.481 e. The van der Waals surface area contributed by atoms with Gasteiger partial charge in [-0.3, -0.25) is 4.79 Å². The number of hydrogen-bond acceptors (Lipinski definition) is 4. The molecule has 0 saturated carbocycles. The van der Waals surface area contributed by atoms with Gasteiger partial charge < -0.3 is 14.7 Å². The van der Waals surface area contributed by atoms with E-state index >= 15 is 0 Å². The van der Waals surface area contributed by atoms with Gasteiger partial charge in [-0.25, -0.2) is 4.39 Å². The monoisotopic (exact) mass is 264 g/mol. The quantitative estimate of drug-likeness (QED) is 0.892. The van der Waals surface area contributed by atoms with Crippen LogP contribution in [0.1, 0.15) is 12.0 Å². The lowest BCUT2D eigenvalue weighted by Crippen LogP contribution is -2.47. The van der Waals surface area contributed by atoms with Crippen LogP contribution in [-0.2, 0) is 9.53 Å². The van der Waals surface area contributed by atoms with Crippen LogP contribution in [0.4, 0.5) is 10.1 Å². The molecule has 1 aliphatic rings. The molecule has 1 N–H and O–H groups in total. The Morgan fingerprint density at radius 1 is 1.63 bits per heavy atom. The standard InChI is InChI=1S/C13H13FN2O3/c14-10-1-2-12(9(5-10)7-15)16-3-4-19-8-11(16)6-13(17)18/h1-2,5,11H,3-4,6,8H2,(H,17,18). The van der Waals surface area contributed by atoms with Gasteiger partial charge in [0, 0.05) is 6.54 Å². The summed E-state index contributed by atoms with van der Waals surface area (Å²) in [5.41, 5.74) is 0.760. The van der Waals surface area contributed by atoms with Gasteiger partial charge in [0.1, 0.15) is 11.9 Å². The van der Waals surface area contributed by atoms with Crippen molar-refractivity contribution >= 4 is 11.7 Å². The average molecular weight is 264 g/mol. The summed E-state index contributed by atoms with van der Waals surface area (Å²) in [5.74, 6) is -1.41. The molecule has 1 heterocycles. The van der Waals surface area contributed by atoms with Crippen LogP contribution in [-0.4, -0.2) is 36.9 Å². The van der Waals surface area contributed by atoms with E-state index in [-0.39, 0.29) is 24.6 Å². The predicted octanol–water partition coefficient (Wildman–Crippen LogP) is 1.38. The fourth-order valence-corrected chi connectivity index (χ4v) is 2.19. The Labute approximate surface area is 109 Å². The van der Waals surface area contributed by atoms with Crippen molar-refractivity contribution in [2.75, 3.05) is 24.7 Å². The third kappa shape index (κ3) is 3.01. The topological polar surface area (TPSA) is 73.6 Å². The second-order valence-corrected chi connectivity index (χ2v) is 4.29. The molecule has 2 rings (SSSR count). The Morgan fingerprint density at radius 2 is 2.42 bits per heavy atom. The Morgan fingerprint density at radius 3 is 3.11 bits per heavy atom. The Bertz CT molecular complexity index is 527. The normalized spacial score (nSPS) is 18.9. The number of carboxylic acids is 1. The highest BCUT2D eigenvalue weighted by Gasteiger charge is 2.27. The molecule has 0 aromatic heterocycles. The first-order valence-electron chi connectivity index (χ1n) is 5.87. The number of halogens is 1. The Balaban J connectivity index is 2.32. The fraction of sp³-hybridized carbons (Fsp3) is 0.385. The summed E-state index contributed by atoms with van der Waals surface area (Å²) in [6, 6.07) is 5.52. The van der Waals surface area contributed by atoms with E-state index in [4.69, 9.17) is 15.1 Å². The molecule has 19 heavy (non-hydrogen) atoms. The smallest absolute Gasteiger partial charge is 0.305 e. The van der Waals surface area contributed by atoms with E-state index in [0.29, 0.717) is 18.8 Å². The van der Waals surface area contributed by atoms with Gasteiger partial charge in [-0.05, 0) is 18.2 Å². The summed E-state index contributed by atoms with van der Waals surface area (Å²) >= 11 is 0. The number of benzene rings is 1. The highest BCUT2D eigenvalue weighted by Crippen LogP contribution is 2.26. The second-order valence-electron chi connectivity index (χ2n) is 4.29. The molecule has 0 amide bonds. The molecule has 0 aliphatic carbocycles. The number of carboxylic acid groups (broad SMARTS) is 1. The molecule has 0 radical (unpaired) electrons. The summed E-state index contributed by atoms with van der Waals surface area (Å²) in [6.45, 7) is 1.23. The number of rotatable bonds is 3. The lowest BCUT2D eigenvalue weighted by atomic mass is 10.1. The zero-order chi connectivity index (χ0) is 13.8. The molecule has 0 bridgehead atoms. The van der Waals surface area contributed by atoms with Gasteiger partial charge in [-0.1, -0.05) is 0 Å². The average Bonchev–Trinajstić information content (AvgIpc) is 2.39. The molecule has 1 aliphatic heterocycles. The van der Waals surface area contributed by atoms with Gasteiger partial charge in [0.25, 0.3) is 0 Å². The third-order valence-electron chi connectivity index (χ3n) is 3.03. The van der Waals surface area contributed by atoms with Gasteiger partial charge >= 0.3 is 5.97 Å². The minimum atomic E-state index is -0.930.